The Hall–Kier alpha value is -3.21. The van der Waals surface area contributed by atoms with Gasteiger partial charge in [-0.1, -0.05) is 36.4 Å². The largest absolute Gasteiger partial charge is 0.394 e. The van der Waals surface area contributed by atoms with Crippen molar-refractivity contribution in [2.45, 2.75) is 30.8 Å². The molecule has 2 amide bonds. The van der Waals surface area contributed by atoms with E-state index in [9.17, 15) is 20.0 Å². The Labute approximate surface area is 194 Å². The molecule has 0 radical (unpaired) electrons. The van der Waals surface area contributed by atoms with E-state index in [0.29, 0.717) is 31.6 Å². The Morgan fingerprint density at radius 3 is 2.15 bits per heavy atom. The highest BCUT2D eigenvalue weighted by atomic mass is 16.5. The van der Waals surface area contributed by atoms with Crippen LogP contribution < -0.4 is 0 Å². The molecule has 0 unspecified atom stereocenters. The molecule has 172 valence electrons. The van der Waals surface area contributed by atoms with E-state index in [1.54, 1.807) is 23.9 Å². The van der Waals surface area contributed by atoms with Gasteiger partial charge in [0.1, 0.15) is 6.04 Å². The second-order valence-corrected chi connectivity index (χ2v) is 8.88. The van der Waals surface area contributed by atoms with Crippen LogP contribution in [0.2, 0.25) is 0 Å². The quantitative estimate of drug-likeness (QED) is 0.761. The third-order valence-electron chi connectivity index (χ3n) is 6.72. The number of likely N-dealkylation sites (tertiary alicyclic amines) is 1. The van der Waals surface area contributed by atoms with Crippen molar-refractivity contribution in [1.82, 2.24) is 9.80 Å². The first-order valence-electron chi connectivity index (χ1n) is 11.3. The molecule has 2 aromatic carbocycles. The van der Waals surface area contributed by atoms with Crippen LogP contribution >= 0.6 is 0 Å². The SMILES string of the molecule is CN(C)C(=O)c1ccc(-c2ccc([C@H]3[C@@H](C#N)N(C(=O)C4CCOCC4)[C@H]3CO)cc2)cc1. The first-order valence-corrected chi connectivity index (χ1v) is 11.3. The normalized spacial score (nSPS) is 22.8. The number of aliphatic hydroxyl groups is 1. The number of carbonyl (C=O) groups excluding carboxylic acids is 2. The van der Waals surface area contributed by atoms with Crippen LogP contribution in [0, 0.1) is 17.2 Å². The van der Waals surface area contributed by atoms with Gasteiger partial charge < -0.3 is 19.6 Å². The average Bonchev–Trinajstić information content (AvgIpc) is 2.84. The molecule has 4 rings (SSSR count). The molecule has 2 aromatic rings. The molecular weight excluding hydrogens is 418 g/mol. The number of rotatable bonds is 5. The third-order valence-corrected chi connectivity index (χ3v) is 6.72. The van der Waals surface area contributed by atoms with Gasteiger partial charge in [0.05, 0.1) is 18.7 Å². The maximum absolute atomic E-state index is 13.0. The van der Waals surface area contributed by atoms with Crippen molar-refractivity contribution < 1.29 is 19.4 Å². The number of aliphatic hydroxyl groups excluding tert-OH is 1. The van der Waals surface area contributed by atoms with Gasteiger partial charge in [-0.25, -0.2) is 0 Å². The van der Waals surface area contributed by atoms with E-state index in [1.807, 2.05) is 48.5 Å². The summed E-state index contributed by atoms with van der Waals surface area (Å²) in [6, 6.07) is 16.6. The fraction of sp³-hybridized carbons (Fsp3) is 0.423. The first kappa shape index (κ1) is 23.0. The smallest absolute Gasteiger partial charge is 0.253 e. The number of benzene rings is 2. The fourth-order valence-corrected chi connectivity index (χ4v) is 4.83. The molecule has 2 fully saturated rings. The molecular formula is C26H29N3O4. The monoisotopic (exact) mass is 447 g/mol. The summed E-state index contributed by atoms with van der Waals surface area (Å²) in [6.45, 7) is 0.932. The van der Waals surface area contributed by atoms with Crippen molar-refractivity contribution in [2.24, 2.45) is 5.92 Å². The van der Waals surface area contributed by atoms with Crippen molar-refractivity contribution >= 4 is 11.8 Å². The highest BCUT2D eigenvalue weighted by Gasteiger charge is 2.52. The van der Waals surface area contributed by atoms with Gasteiger partial charge >= 0.3 is 0 Å². The molecule has 0 aliphatic carbocycles. The third kappa shape index (κ3) is 4.37. The second-order valence-electron chi connectivity index (χ2n) is 8.88. The summed E-state index contributed by atoms with van der Waals surface area (Å²) in [5.41, 5.74) is 3.54. The number of ether oxygens (including phenoxy) is 1. The van der Waals surface area contributed by atoms with E-state index in [4.69, 9.17) is 4.74 Å². The number of hydrogen-bond acceptors (Lipinski definition) is 5. The van der Waals surface area contributed by atoms with Crippen LogP contribution in [0.3, 0.4) is 0 Å². The van der Waals surface area contributed by atoms with E-state index in [0.717, 1.165) is 16.7 Å². The Morgan fingerprint density at radius 1 is 1.06 bits per heavy atom. The molecule has 0 aromatic heterocycles. The zero-order valence-electron chi connectivity index (χ0n) is 19.0. The lowest BCUT2D eigenvalue weighted by Gasteiger charge is -2.52. The molecule has 0 bridgehead atoms. The molecule has 2 aliphatic heterocycles. The molecule has 0 saturated carbocycles. The van der Waals surface area contributed by atoms with Gasteiger partial charge in [0.15, 0.2) is 0 Å². The number of nitriles is 1. The summed E-state index contributed by atoms with van der Waals surface area (Å²) < 4.78 is 5.35. The molecule has 2 aliphatic rings. The van der Waals surface area contributed by atoms with Crippen molar-refractivity contribution in [2.75, 3.05) is 33.9 Å². The number of carbonyl (C=O) groups is 2. The lowest BCUT2D eigenvalue weighted by molar-refractivity contribution is -0.154. The summed E-state index contributed by atoms with van der Waals surface area (Å²) in [5.74, 6) is -0.462. The van der Waals surface area contributed by atoms with Gasteiger partial charge in [-0.05, 0) is 41.7 Å². The summed E-state index contributed by atoms with van der Waals surface area (Å²) in [5, 5.41) is 19.8. The highest BCUT2D eigenvalue weighted by Crippen LogP contribution is 2.42. The predicted octanol–water partition coefficient (Wildman–Crippen LogP) is 2.66. The average molecular weight is 448 g/mol. The Bertz CT molecular complexity index is 1040. The van der Waals surface area contributed by atoms with Gasteiger partial charge in [0.2, 0.25) is 5.91 Å². The van der Waals surface area contributed by atoms with Crippen LogP contribution in [0.15, 0.2) is 48.5 Å². The van der Waals surface area contributed by atoms with E-state index in [2.05, 4.69) is 6.07 Å². The zero-order valence-corrected chi connectivity index (χ0v) is 19.0. The number of hydrogen-bond donors (Lipinski definition) is 1. The Balaban J connectivity index is 1.50. The second kappa shape index (κ2) is 9.74. The maximum Gasteiger partial charge on any atom is 0.253 e. The summed E-state index contributed by atoms with van der Waals surface area (Å²) in [7, 11) is 3.45. The molecule has 0 spiro atoms. The lowest BCUT2D eigenvalue weighted by Crippen LogP contribution is -2.66. The molecule has 2 heterocycles. The Kier molecular flexibility index (Phi) is 6.77. The van der Waals surface area contributed by atoms with Crippen LogP contribution in [0.1, 0.15) is 34.7 Å². The summed E-state index contributed by atoms with van der Waals surface area (Å²) >= 11 is 0. The molecule has 7 nitrogen and oxygen atoms in total. The highest BCUT2D eigenvalue weighted by molar-refractivity contribution is 5.94. The topological polar surface area (TPSA) is 93.9 Å². The molecule has 1 N–H and O–H groups in total. The van der Waals surface area contributed by atoms with Gasteiger partial charge in [-0.3, -0.25) is 9.59 Å². The molecule has 33 heavy (non-hydrogen) atoms. The van der Waals surface area contributed by atoms with Crippen molar-refractivity contribution in [3.8, 4) is 17.2 Å². The van der Waals surface area contributed by atoms with Crippen molar-refractivity contribution in [3.05, 3.63) is 59.7 Å². The minimum atomic E-state index is -0.584. The molecule has 7 heteroatoms. The summed E-state index contributed by atoms with van der Waals surface area (Å²) in [6.07, 6.45) is 1.31. The van der Waals surface area contributed by atoms with E-state index in [-0.39, 0.29) is 30.3 Å². The van der Waals surface area contributed by atoms with Crippen LogP contribution in [0.4, 0.5) is 0 Å². The van der Waals surface area contributed by atoms with E-state index >= 15 is 0 Å². The van der Waals surface area contributed by atoms with Gasteiger partial charge in [0.25, 0.3) is 5.91 Å². The van der Waals surface area contributed by atoms with Crippen LogP contribution in [0.5, 0.6) is 0 Å². The van der Waals surface area contributed by atoms with Crippen LogP contribution in [-0.2, 0) is 9.53 Å². The first-order chi connectivity index (χ1) is 16.0. The molecule has 3 atom stereocenters. The Morgan fingerprint density at radius 2 is 1.64 bits per heavy atom. The van der Waals surface area contributed by atoms with Crippen molar-refractivity contribution in [3.63, 3.8) is 0 Å². The van der Waals surface area contributed by atoms with Gasteiger partial charge in [0, 0.05) is 44.7 Å². The number of amides is 2. The zero-order chi connectivity index (χ0) is 23.5. The van der Waals surface area contributed by atoms with E-state index < -0.39 is 12.1 Å². The fourth-order valence-electron chi connectivity index (χ4n) is 4.83. The van der Waals surface area contributed by atoms with Gasteiger partial charge in [-0.2, -0.15) is 5.26 Å². The van der Waals surface area contributed by atoms with Crippen LogP contribution in [0.25, 0.3) is 11.1 Å². The van der Waals surface area contributed by atoms with E-state index in [1.165, 1.54) is 0 Å². The molecule has 2 saturated heterocycles. The summed E-state index contributed by atoms with van der Waals surface area (Å²) in [4.78, 5) is 28.2. The lowest BCUT2D eigenvalue weighted by atomic mass is 9.74. The minimum Gasteiger partial charge on any atom is -0.394 e. The standard InChI is InChI=1S/C26H29N3O4/c1-28(2)25(31)20-9-5-18(6-10-20)17-3-7-19(8-4-17)24-22(15-27)29(23(24)16-30)26(32)21-11-13-33-14-12-21/h3-10,21-24,30H,11-14,16H2,1-2H3/t22-,23+,24+/m1/s1. The van der Waals surface area contributed by atoms with Gasteiger partial charge in [-0.15, -0.1) is 0 Å². The number of nitrogens with zero attached hydrogens (tertiary/aromatic N) is 3. The maximum atomic E-state index is 13.0. The predicted molar refractivity (Wildman–Crippen MR) is 123 cm³/mol. The van der Waals surface area contributed by atoms with Crippen molar-refractivity contribution in [1.29, 1.82) is 5.26 Å². The minimum absolute atomic E-state index is 0.0423. The van der Waals surface area contributed by atoms with Crippen LogP contribution in [-0.4, -0.2) is 72.7 Å².